The number of ether oxygens (including phenoxy) is 1. The molecule has 0 bridgehead atoms. The van der Waals surface area contributed by atoms with Crippen molar-refractivity contribution in [1.82, 2.24) is 9.62 Å². The fourth-order valence-electron chi connectivity index (χ4n) is 3.54. The number of carbonyl (C=O) groups excluding carboxylic acids is 1. The highest BCUT2D eigenvalue weighted by atomic mass is 32.2. The highest BCUT2D eigenvalue weighted by Gasteiger charge is 2.23. The maximum atomic E-state index is 15.1. The standard InChI is InChI=1S/C25H30F2N4O2S2/c1-31(2)11-10-19(16-34-20-8-6-18(26)7-9-20)29-24-17(15-28)13-21(14-22(24)27)35-30-25(32)23-5-3-4-12-33-23/h6-9,13-14,19,23,29H,3-5,10-12,16H2,1-2H3,(H,30,32). The van der Waals surface area contributed by atoms with E-state index in [0.717, 1.165) is 42.7 Å². The summed E-state index contributed by atoms with van der Waals surface area (Å²) in [7, 11) is 3.92. The normalized spacial score (nSPS) is 16.5. The molecule has 2 atom stereocenters. The van der Waals surface area contributed by atoms with Crippen LogP contribution in [0.5, 0.6) is 0 Å². The van der Waals surface area contributed by atoms with Gasteiger partial charge >= 0.3 is 0 Å². The van der Waals surface area contributed by atoms with E-state index in [1.165, 1.54) is 30.0 Å². The number of halogens is 2. The quantitative estimate of drug-likeness (QED) is 0.317. The summed E-state index contributed by atoms with van der Waals surface area (Å²) in [6.45, 7) is 1.33. The molecule has 1 amide bonds. The molecule has 1 fully saturated rings. The summed E-state index contributed by atoms with van der Waals surface area (Å²) in [6, 6.07) is 11.1. The van der Waals surface area contributed by atoms with Crippen molar-refractivity contribution in [3.63, 3.8) is 0 Å². The zero-order chi connectivity index (χ0) is 25.2. The summed E-state index contributed by atoms with van der Waals surface area (Å²) < 4.78 is 36.5. The van der Waals surface area contributed by atoms with Crippen molar-refractivity contribution in [2.45, 2.75) is 47.6 Å². The van der Waals surface area contributed by atoms with Gasteiger partial charge in [0.1, 0.15) is 23.8 Å². The van der Waals surface area contributed by atoms with Gasteiger partial charge in [0.05, 0.1) is 11.3 Å². The molecule has 1 heterocycles. The van der Waals surface area contributed by atoms with Gasteiger partial charge in [0.2, 0.25) is 0 Å². The number of nitrogens with zero attached hydrogens (tertiary/aromatic N) is 2. The number of amides is 1. The molecule has 2 unspecified atom stereocenters. The summed E-state index contributed by atoms with van der Waals surface area (Å²) in [5, 5.41) is 12.9. The van der Waals surface area contributed by atoms with Crippen LogP contribution in [0.15, 0.2) is 46.2 Å². The van der Waals surface area contributed by atoms with Gasteiger partial charge in [-0.05, 0) is 94.7 Å². The van der Waals surface area contributed by atoms with E-state index >= 15 is 4.39 Å². The second kappa shape index (κ2) is 13.7. The topological polar surface area (TPSA) is 77.4 Å². The number of benzene rings is 2. The summed E-state index contributed by atoms with van der Waals surface area (Å²) in [5.74, 6) is -0.496. The number of anilines is 1. The highest BCUT2D eigenvalue weighted by Crippen LogP contribution is 2.29. The van der Waals surface area contributed by atoms with Crippen molar-refractivity contribution >= 4 is 35.3 Å². The van der Waals surface area contributed by atoms with Crippen LogP contribution in [0.4, 0.5) is 14.5 Å². The number of nitriles is 1. The first-order chi connectivity index (χ1) is 16.9. The zero-order valence-electron chi connectivity index (χ0n) is 19.9. The monoisotopic (exact) mass is 520 g/mol. The van der Waals surface area contributed by atoms with E-state index in [1.54, 1.807) is 18.2 Å². The molecule has 1 aliphatic rings. The average Bonchev–Trinajstić information content (AvgIpc) is 2.86. The molecule has 188 valence electrons. The predicted octanol–water partition coefficient (Wildman–Crippen LogP) is 5.05. The van der Waals surface area contributed by atoms with Crippen LogP contribution >= 0.6 is 23.7 Å². The number of hydrogen-bond acceptors (Lipinski definition) is 7. The Kier molecular flexibility index (Phi) is 10.7. The lowest BCUT2D eigenvalue weighted by Gasteiger charge is -2.23. The molecule has 2 aromatic rings. The Morgan fingerprint density at radius 1 is 1.23 bits per heavy atom. The van der Waals surface area contributed by atoms with Crippen molar-refractivity contribution in [2.75, 3.05) is 38.3 Å². The van der Waals surface area contributed by atoms with E-state index in [0.29, 0.717) is 23.7 Å². The lowest BCUT2D eigenvalue weighted by atomic mass is 10.1. The van der Waals surface area contributed by atoms with Crippen LogP contribution < -0.4 is 10.0 Å². The van der Waals surface area contributed by atoms with E-state index in [4.69, 9.17) is 4.74 Å². The van der Waals surface area contributed by atoms with Crippen LogP contribution in [0, 0.1) is 23.0 Å². The SMILES string of the molecule is CN(C)CCC(CSc1ccc(F)cc1)Nc1c(F)cc(SNC(=O)C2CCCCO2)cc1C#N. The van der Waals surface area contributed by atoms with Gasteiger partial charge in [0, 0.05) is 28.2 Å². The lowest BCUT2D eigenvalue weighted by Crippen LogP contribution is -2.35. The van der Waals surface area contributed by atoms with Crippen LogP contribution in [0.3, 0.4) is 0 Å². The van der Waals surface area contributed by atoms with Gasteiger partial charge in [0.25, 0.3) is 5.91 Å². The third-order valence-electron chi connectivity index (χ3n) is 5.46. The summed E-state index contributed by atoms with van der Waals surface area (Å²) in [4.78, 5) is 15.7. The summed E-state index contributed by atoms with van der Waals surface area (Å²) in [6.07, 6.45) is 2.77. The number of carbonyl (C=O) groups is 1. The van der Waals surface area contributed by atoms with Crippen LogP contribution in [-0.2, 0) is 9.53 Å². The highest BCUT2D eigenvalue weighted by molar-refractivity contribution is 7.99. The molecule has 0 aromatic heterocycles. The largest absolute Gasteiger partial charge is 0.378 e. The van der Waals surface area contributed by atoms with Crippen molar-refractivity contribution in [1.29, 1.82) is 5.26 Å². The Balaban J connectivity index is 1.68. The van der Waals surface area contributed by atoms with Gasteiger partial charge in [-0.2, -0.15) is 5.26 Å². The number of rotatable bonds is 11. The molecule has 2 aromatic carbocycles. The van der Waals surface area contributed by atoms with Crippen LogP contribution in [0.2, 0.25) is 0 Å². The predicted molar refractivity (Wildman–Crippen MR) is 136 cm³/mol. The molecule has 3 rings (SSSR count). The van der Waals surface area contributed by atoms with Gasteiger partial charge in [-0.3, -0.25) is 9.52 Å². The smallest absolute Gasteiger partial charge is 0.259 e. The third-order valence-corrected chi connectivity index (χ3v) is 7.41. The molecular weight excluding hydrogens is 490 g/mol. The minimum absolute atomic E-state index is 0.129. The molecule has 0 spiro atoms. The second-order valence-corrected chi connectivity index (χ2v) is 10.5. The summed E-state index contributed by atoms with van der Waals surface area (Å²) >= 11 is 2.52. The molecule has 1 saturated heterocycles. The lowest BCUT2D eigenvalue weighted by molar-refractivity contribution is -0.133. The number of thioether (sulfide) groups is 1. The van der Waals surface area contributed by atoms with Crippen molar-refractivity contribution in [3.8, 4) is 6.07 Å². The Bertz CT molecular complexity index is 1030. The summed E-state index contributed by atoms with van der Waals surface area (Å²) in [5.41, 5.74) is 0.305. The molecule has 1 aliphatic heterocycles. The van der Waals surface area contributed by atoms with Crippen molar-refractivity contribution in [2.24, 2.45) is 0 Å². The Morgan fingerprint density at radius 3 is 2.66 bits per heavy atom. The van der Waals surface area contributed by atoms with Gasteiger partial charge in [-0.25, -0.2) is 8.78 Å². The van der Waals surface area contributed by atoms with Crippen molar-refractivity contribution < 1.29 is 18.3 Å². The molecule has 6 nitrogen and oxygen atoms in total. The molecule has 10 heteroatoms. The molecular formula is C25H30F2N4O2S2. The minimum atomic E-state index is -0.559. The van der Waals surface area contributed by atoms with E-state index in [1.807, 2.05) is 19.0 Å². The Hall–Kier alpha value is -2.32. The molecule has 2 N–H and O–H groups in total. The van der Waals surface area contributed by atoms with Crippen LogP contribution in [-0.4, -0.2) is 56.0 Å². The first-order valence-electron chi connectivity index (χ1n) is 11.5. The number of nitrogens with one attached hydrogen (secondary N) is 2. The van der Waals surface area contributed by atoms with Gasteiger partial charge in [-0.1, -0.05) is 0 Å². The van der Waals surface area contributed by atoms with E-state index in [2.05, 4.69) is 16.1 Å². The first kappa shape index (κ1) is 27.3. The Labute approximate surface area is 213 Å². The second-order valence-electron chi connectivity index (χ2n) is 8.56. The molecule has 0 saturated carbocycles. The van der Waals surface area contributed by atoms with Crippen LogP contribution in [0.25, 0.3) is 0 Å². The van der Waals surface area contributed by atoms with Gasteiger partial charge in [-0.15, -0.1) is 11.8 Å². The third kappa shape index (κ3) is 8.69. The van der Waals surface area contributed by atoms with Crippen LogP contribution in [0.1, 0.15) is 31.2 Å². The molecule has 35 heavy (non-hydrogen) atoms. The average molecular weight is 521 g/mol. The van der Waals surface area contributed by atoms with E-state index < -0.39 is 11.9 Å². The van der Waals surface area contributed by atoms with Crippen molar-refractivity contribution in [3.05, 3.63) is 53.6 Å². The first-order valence-corrected chi connectivity index (χ1v) is 13.3. The van der Waals surface area contributed by atoms with E-state index in [-0.39, 0.29) is 29.0 Å². The maximum absolute atomic E-state index is 15.1. The molecule has 0 radical (unpaired) electrons. The van der Waals surface area contributed by atoms with E-state index in [9.17, 15) is 14.4 Å². The van der Waals surface area contributed by atoms with Gasteiger partial charge < -0.3 is 15.0 Å². The number of hydrogen-bond donors (Lipinski definition) is 2. The zero-order valence-corrected chi connectivity index (χ0v) is 21.5. The fraction of sp³-hybridized carbons (Fsp3) is 0.440. The minimum Gasteiger partial charge on any atom is -0.378 e. The Morgan fingerprint density at radius 2 is 2.00 bits per heavy atom. The maximum Gasteiger partial charge on any atom is 0.259 e. The van der Waals surface area contributed by atoms with Gasteiger partial charge in [0.15, 0.2) is 0 Å². The fourth-order valence-corrected chi connectivity index (χ4v) is 5.20. The molecule has 0 aliphatic carbocycles.